The Morgan fingerprint density at radius 1 is 1.20 bits per heavy atom. The van der Waals surface area contributed by atoms with Gasteiger partial charge in [-0.15, -0.1) is 0 Å². The fraction of sp³-hybridized carbons (Fsp3) is 0.706. The highest BCUT2D eigenvalue weighted by atomic mass is 15.1. The minimum atomic E-state index is 0.492. The minimum Gasteiger partial charge on any atom is -0.369 e. The van der Waals surface area contributed by atoms with Gasteiger partial charge in [0.2, 0.25) is 0 Å². The normalized spacial score (nSPS) is 11.3. The first-order valence-electron chi connectivity index (χ1n) is 7.99. The van der Waals surface area contributed by atoms with E-state index < -0.39 is 0 Å². The molecule has 0 aliphatic carbocycles. The van der Waals surface area contributed by atoms with Gasteiger partial charge in [-0.1, -0.05) is 33.6 Å². The van der Waals surface area contributed by atoms with Gasteiger partial charge in [-0.05, 0) is 32.4 Å². The smallest absolute Gasteiger partial charge is 0.0562 e. The highest BCUT2D eigenvalue weighted by Gasteiger charge is 2.11. The lowest BCUT2D eigenvalue weighted by atomic mass is 10.2. The van der Waals surface area contributed by atoms with Gasteiger partial charge in [-0.3, -0.25) is 4.98 Å². The molecule has 1 aromatic rings. The van der Waals surface area contributed by atoms with Gasteiger partial charge in [0.25, 0.3) is 0 Å². The zero-order valence-electron chi connectivity index (χ0n) is 13.8. The molecule has 1 aromatic heterocycles. The monoisotopic (exact) mass is 277 g/mol. The summed E-state index contributed by atoms with van der Waals surface area (Å²) in [6.07, 6.45) is 5.76. The zero-order valence-corrected chi connectivity index (χ0v) is 13.8. The molecule has 0 amide bonds. The van der Waals surface area contributed by atoms with Crippen molar-refractivity contribution >= 4 is 5.69 Å². The van der Waals surface area contributed by atoms with E-state index in [2.05, 4.69) is 62.0 Å². The number of aromatic nitrogens is 1. The Morgan fingerprint density at radius 2 is 1.95 bits per heavy atom. The van der Waals surface area contributed by atoms with Crippen LogP contribution in [0.1, 0.15) is 59.6 Å². The standard InChI is InChI=1S/C17H31N3/c1-6-7-8-11-20(15(4)5)17-9-10-18-16(12-17)13-19-14(2)3/h9-10,12,14-15,19H,6-8,11,13H2,1-5H3. The summed E-state index contributed by atoms with van der Waals surface area (Å²) < 4.78 is 0. The average Bonchev–Trinajstić information content (AvgIpc) is 2.41. The molecule has 114 valence electrons. The lowest BCUT2D eigenvalue weighted by Gasteiger charge is -2.29. The third kappa shape index (κ3) is 5.91. The fourth-order valence-electron chi connectivity index (χ4n) is 2.27. The Morgan fingerprint density at radius 3 is 2.55 bits per heavy atom. The van der Waals surface area contributed by atoms with Gasteiger partial charge >= 0.3 is 0 Å². The highest BCUT2D eigenvalue weighted by Crippen LogP contribution is 2.18. The molecule has 1 rings (SSSR count). The van der Waals surface area contributed by atoms with Gasteiger partial charge in [-0.2, -0.15) is 0 Å². The number of anilines is 1. The molecule has 0 spiro atoms. The largest absolute Gasteiger partial charge is 0.369 e. The van der Waals surface area contributed by atoms with Gasteiger partial charge in [0.1, 0.15) is 0 Å². The van der Waals surface area contributed by atoms with Crippen LogP contribution in [0.25, 0.3) is 0 Å². The van der Waals surface area contributed by atoms with Gasteiger partial charge in [0.05, 0.1) is 5.69 Å². The summed E-state index contributed by atoms with van der Waals surface area (Å²) in [5, 5.41) is 3.43. The number of unbranched alkanes of at least 4 members (excludes halogenated alkanes) is 2. The van der Waals surface area contributed by atoms with Crippen molar-refractivity contribution in [3.8, 4) is 0 Å². The second kappa shape index (κ2) is 8.96. The van der Waals surface area contributed by atoms with Crippen LogP contribution in [0, 0.1) is 0 Å². The van der Waals surface area contributed by atoms with Crippen molar-refractivity contribution in [1.82, 2.24) is 10.3 Å². The van der Waals surface area contributed by atoms with Crippen LogP contribution in [0.5, 0.6) is 0 Å². The first-order valence-corrected chi connectivity index (χ1v) is 7.99. The van der Waals surface area contributed by atoms with E-state index in [0.717, 1.165) is 18.8 Å². The number of hydrogen-bond acceptors (Lipinski definition) is 3. The minimum absolute atomic E-state index is 0.492. The van der Waals surface area contributed by atoms with Crippen molar-refractivity contribution in [3.63, 3.8) is 0 Å². The van der Waals surface area contributed by atoms with Crippen LogP contribution in [0.4, 0.5) is 5.69 Å². The van der Waals surface area contributed by atoms with Gasteiger partial charge in [0, 0.05) is 37.1 Å². The Labute approximate surface area is 124 Å². The first-order chi connectivity index (χ1) is 9.54. The van der Waals surface area contributed by atoms with E-state index in [1.54, 1.807) is 0 Å². The number of hydrogen-bond donors (Lipinski definition) is 1. The van der Waals surface area contributed by atoms with Crippen molar-refractivity contribution < 1.29 is 0 Å². The molecule has 1 heterocycles. The van der Waals surface area contributed by atoms with E-state index in [9.17, 15) is 0 Å². The summed E-state index contributed by atoms with van der Waals surface area (Å²) >= 11 is 0. The number of nitrogens with zero attached hydrogens (tertiary/aromatic N) is 2. The fourth-order valence-corrected chi connectivity index (χ4v) is 2.27. The summed E-state index contributed by atoms with van der Waals surface area (Å²) in [6, 6.07) is 5.37. The molecular weight excluding hydrogens is 246 g/mol. The molecule has 0 radical (unpaired) electrons. The van der Waals surface area contributed by atoms with Crippen molar-refractivity contribution in [1.29, 1.82) is 0 Å². The van der Waals surface area contributed by atoms with Crippen molar-refractivity contribution in [2.45, 2.75) is 72.5 Å². The molecule has 0 aromatic carbocycles. The highest BCUT2D eigenvalue weighted by molar-refractivity contribution is 5.47. The zero-order chi connectivity index (χ0) is 15.0. The van der Waals surface area contributed by atoms with E-state index >= 15 is 0 Å². The summed E-state index contributed by atoms with van der Waals surface area (Å²) in [6.45, 7) is 13.1. The first kappa shape index (κ1) is 17.0. The van der Waals surface area contributed by atoms with Crippen LogP contribution in [-0.2, 0) is 6.54 Å². The summed E-state index contributed by atoms with van der Waals surface area (Å²) in [5.74, 6) is 0. The Bertz CT molecular complexity index is 374. The maximum atomic E-state index is 4.46. The topological polar surface area (TPSA) is 28.2 Å². The lowest BCUT2D eigenvalue weighted by molar-refractivity contribution is 0.580. The van der Waals surface area contributed by atoms with Crippen LogP contribution in [0.3, 0.4) is 0 Å². The maximum Gasteiger partial charge on any atom is 0.0562 e. The molecule has 3 nitrogen and oxygen atoms in total. The van der Waals surface area contributed by atoms with E-state index in [4.69, 9.17) is 0 Å². The Hall–Kier alpha value is -1.09. The van der Waals surface area contributed by atoms with E-state index in [-0.39, 0.29) is 0 Å². The quantitative estimate of drug-likeness (QED) is 0.692. The molecule has 0 saturated carbocycles. The second-order valence-corrected chi connectivity index (χ2v) is 6.04. The molecule has 0 aliphatic rings. The summed E-state index contributed by atoms with van der Waals surface area (Å²) in [4.78, 5) is 6.94. The van der Waals surface area contributed by atoms with Crippen molar-refractivity contribution in [3.05, 3.63) is 24.0 Å². The second-order valence-electron chi connectivity index (χ2n) is 6.04. The number of nitrogens with one attached hydrogen (secondary N) is 1. The third-order valence-electron chi connectivity index (χ3n) is 3.45. The van der Waals surface area contributed by atoms with E-state index in [0.29, 0.717) is 12.1 Å². The molecule has 0 atom stereocenters. The molecule has 0 aliphatic heterocycles. The van der Waals surface area contributed by atoms with Crippen LogP contribution in [-0.4, -0.2) is 23.6 Å². The van der Waals surface area contributed by atoms with Crippen LogP contribution >= 0.6 is 0 Å². The molecule has 0 unspecified atom stereocenters. The molecule has 1 N–H and O–H groups in total. The maximum absolute atomic E-state index is 4.46. The lowest BCUT2D eigenvalue weighted by Crippen LogP contribution is -2.32. The SMILES string of the molecule is CCCCCN(c1ccnc(CNC(C)C)c1)C(C)C. The van der Waals surface area contributed by atoms with Crippen LogP contribution in [0.2, 0.25) is 0 Å². The molecular formula is C17H31N3. The van der Waals surface area contributed by atoms with E-state index in [1.807, 2.05) is 6.20 Å². The van der Waals surface area contributed by atoms with Crippen molar-refractivity contribution in [2.24, 2.45) is 0 Å². The average molecular weight is 277 g/mol. The molecule has 0 bridgehead atoms. The summed E-state index contributed by atoms with van der Waals surface area (Å²) in [5.41, 5.74) is 2.42. The predicted octanol–water partition coefficient (Wildman–Crippen LogP) is 3.98. The molecule has 3 heteroatoms. The van der Waals surface area contributed by atoms with Gasteiger partial charge in [0.15, 0.2) is 0 Å². The Balaban J connectivity index is 2.72. The summed E-state index contributed by atoms with van der Waals surface area (Å²) in [7, 11) is 0. The number of rotatable bonds is 9. The van der Waals surface area contributed by atoms with E-state index in [1.165, 1.54) is 24.9 Å². The number of pyridine rings is 1. The third-order valence-corrected chi connectivity index (χ3v) is 3.45. The molecule has 0 saturated heterocycles. The van der Waals surface area contributed by atoms with Crippen molar-refractivity contribution in [2.75, 3.05) is 11.4 Å². The predicted molar refractivity (Wildman–Crippen MR) is 88.2 cm³/mol. The van der Waals surface area contributed by atoms with Crippen LogP contribution < -0.4 is 10.2 Å². The molecule has 0 fully saturated rings. The Kier molecular flexibility index (Phi) is 7.60. The molecule has 20 heavy (non-hydrogen) atoms. The van der Waals surface area contributed by atoms with Gasteiger partial charge < -0.3 is 10.2 Å². The van der Waals surface area contributed by atoms with Gasteiger partial charge in [-0.25, -0.2) is 0 Å². The van der Waals surface area contributed by atoms with Crippen LogP contribution in [0.15, 0.2) is 18.3 Å².